The molecular weight excluding hydrogens is 506 g/mol. The van der Waals surface area contributed by atoms with E-state index in [2.05, 4.69) is 15.9 Å². The first-order valence-corrected chi connectivity index (χ1v) is 11.8. The van der Waals surface area contributed by atoms with Gasteiger partial charge in [-0.05, 0) is 55.4 Å². The third kappa shape index (κ3) is 3.62. The van der Waals surface area contributed by atoms with Gasteiger partial charge in [0.25, 0.3) is 23.4 Å². The maximum absolute atomic E-state index is 13.5. The number of hydrogen-bond acceptors (Lipinski definition) is 6. The third-order valence-electron chi connectivity index (χ3n) is 7.16. The van der Waals surface area contributed by atoms with Gasteiger partial charge >= 0.3 is 0 Å². The van der Waals surface area contributed by atoms with Crippen molar-refractivity contribution in [2.24, 2.45) is 23.7 Å². The number of Topliss-reactive ketones (excluding diaryl/α,β-unsaturated/α-hetero) is 1. The fraction of sp³-hybridized carbons (Fsp3) is 0.333. The van der Waals surface area contributed by atoms with Crippen molar-refractivity contribution in [3.05, 3.63) is 74.2 Å². The Hall–Kier alpha value is -3.40. The van der Waals surface area contributed by atoms with E-state index in [-0.39, 0.29) is 23.1 Å². The van der Waals surface area contributed by atoms with Crippen LogP contribution in [-0.4, -0.2) is 45.0 Å². The minimum Gasteiger partial charge on any atom is -0.292 e. The standard InChI is InChI=1S/C24H20BrN3O6/c25-17-7-3-13(4-8-17)19(29)12-26(22(30)14-5-9-18(10-6-14)28(33)34)27-23(31)20-15-1-2-16(11-15)21(20)24(27)32/h3-10,15-16,20-21H,1-2,11-12H2/t15-,16-,20-,21+/m0/s1. The van der Waals surface area contributed by atoms with Gasteiger partial charge in [-0.2, -0.15) is 5.01 Å². The van der Waals surface area contributed by atoms with E-state index in [1.807, 2.05) is 0 Å². The number of non-ortho nitro benzene ring substituents is 1. The van der Waals surface area contributed by atoms with E-state index in [1.165, 1.54) is 24.3 Å². The highest BCUT2D eigenvalue weighted by Crippen LogP contribution is 2.56. The first-order valence-electron chi connectivity index (χ1n) is 11.0. The van der Waals surface area contributed by atoms with Gasteiger partial charge < -0.3 is 0 Å². The molecular formula is C24H20BrN3O6. The number of nitro benzene ring substituents is 1. The molecule has 2 aromatic carbocycles. The van der Waals surface area contributed by atoms with Crippen molar-refractivity contribution in [3.8, 4) is 0 Å². The third-order valence-corrected chi connectivity index (χ3v) is 7.69. The maximum atomic E-state index is 13.5. The summed E-state index contributed by atoms with van der Waals surface area (Å²) < 4.78 is 0.774. The summed E-state index contributed by atoms with van der Waals surface area (Å²) >= 11 is 3.31. The highest BCUT2D eigenvalue weighted by atomic mass is 79.9. The zero-order chi connectivity index (χ0) is 24.1. The quantitative estimate of drug-likeness (QED) is 0.246. The van der Waals surface area contributed by atoms with Gasteiger partial charge in [0.15, 0.2) is 5.78 Å². The minimum absolute atomic E-state index is 0.0369. The molecule has 0 N–H and O–H groups in total. The number of imide groups is 1. The molecule has 4 atom stereocenters. The smallest absolute Gasteiger partial charge is 0.273 e. The summed E-state index contributed by atoms with van der Waals surface area (Å²) in [7, 11) is 0. The van der Waals surface area contributed by atoms with Crippen LogP contribution in [0.15, 0.2) is 53.0 Å². The highest BCUT2D eigenvalue weighted by molar-refractivity contribution is 9.10. The van der Waals surface area contributed by atoms with Crippen LogP contribution in [0.1, 0.15) is 40.0 Å². The maximum Gasteiger partial charge on any atom is 0.273 e. The van der Waals surface area contributed by atoms with Gasteiger partial charge in [-0.1, -0.05) is 28.1 Å². The molecule has 0 spiro atoms. The van der Waals surface area contributed by atoms with Crippen LogP contribution in [0.2, 0.25) is 0 Å². The lowest BCUT2D eigenvalue weighted by molar-refractivity contribution is -0.384. The number of carbonyl (C=O) groups excluding carboxylic acids is 4. The summed E-state index contributed by atoms with van der Waals surface area (Å²) in [6.07, 6.45) is 2.61. The number of carbonyl (C=O) groups is 4. The van der Waals surface area contributed by atoms with Crippen LogP contribution in [0.25, 0.3) is 0 Å². The van der Waals surface area contributed by atoms with Gasteiger partial charge in [0.2, 0.25) is 0 Å². The van der Waals surface area contributed by atoms with Crippen LogP contribution >= 0.6 is 15.9 Å². The number of rotatable bonds is 6. The number of nitro groups is 1. The fourth-order valence-electron chi connectivity index (χ4n) is 5.60. The number of ketones is 1. The Morgan fingerprint density at radius 3 is 2.00 bits per heavy atom. The minimum atomic E-state index is -0.741. The van der Waals surface area contributed by atoms with Crippen LogP contribution < -0.4 is 0 Å². The fourth-order valence-corrected chi connectivity index (χ4v) is 5.87. The lowest BCUT2D eigenvalue weighted by atomic mass is 9.81. The number of amides is 3. The zero-order valence-corrected chi connectivity index (χ0v) is 19.5. The first kappa shape index (κ1) is 22.4. The van der Waals surface area contributed by atoms with Gasteiger partial charge in [-0.3, -0.25) is 29.3 Å². The molecule has 1 aliphatic heterocycles. The van der Waals surface area contributed by atoms with Gasteiger partial charge in [0.1, 0.15) is 6.54 Å². The van der Waals surface area contributed by atoms with Crippen LogP contribution in [0, 0.1) is 33.8 Å². The number of halogens is 1. The van der Waals surface area contributed by atoms with Crippen molar-refractivity contribution >= 4 is 45.1 Å². The van der Waals surface area contributed by atoms with E-state index in [0.717, 1.165) is 33.8 Å². The summed E-state index contributed by atoms with van der Waals surface area (Å²) in [4.78, 5) is 63.7. The molecule has 1 saturated heterocycles. The second-order valence-corrected chi connectivity index (χ2v) is 9.89. The molecule has 174 valence electrons. The summed E-state index contributed by atoms with van der Waals surface area (Å²) in [6.45, 7) is -0.510. The number of nitrogens with zero attached hydrogens (tertiary/aromatic N) is 3. The highest BCUT2D eigenvalue weighted by Gasteiger charge is 2.62. The van der Waals surface area contributed by atoms with Crippen molar-refractivity contribution in [2.45, 2.75) is 19.3 Å². The van der Waals surface area contributed by atoms with E-state index in [0.29, 0.717) is 5.56 Å². The van der Waals surface area contributed by atoms with Crippen molar-refractivity contribution < 1.29 is 24.1 Å². The molecule has 3 aliphatic rings. The van der Waals surface area contributed by atoms with Crippen molar-refractivity contribution in [3.63, 3.8) is 0 Å². The molecule has 0 radical (unpaired) electrons. The summed E-state index contributed by atoms with van der Waals surface area (Å²) in [6, 6.07) is 11.4. The Kier molecular flexibility index (Phi) is 5.55. The van der Waals surface area contributed by atoms with E-state index >= 15 is 0 Å². The molecule has 3 amide bonds. The molecule has 2 aliphatic carbocycles. The second-order valence-electron chi connectivity index (χ2n) is 8.97. The van der Waals surface area contributed by atoms with Gasteiger partial charge in [0.05, 0.1) is 16.8 Å². The van der Waals surface area contributed by atoms with E-state index < -0.39 is 46.8 Å². The topological polar surface area (TPSA) is 118 Å². The molecule has 10 heteroatoms. The van der Waals surface area contributed by atoms with Crippen LogP contribution in [0.4, 0.5) is 5.69 Å². The normalized spacial score (nSPS) is 24.9. The monoisotopic (exact) mass is 525 g/mol. The number of benzene rings is 2. The van der Waals surface area contributed by atoms with Crippen LogP contribution in [0.3, 0.4) is 0 Å². The number of hydrazine groups is 1. The summed E-state index contributed by atoms with van der Waals surface area (Å²) in [5.74, 6) is -2.74. The molecule has 0 aromatic heterocycles. The molecule has 2 bridgehead atoms. The molecule has 9 nitrogen and oxygen atoms in total. The average Bonchev–Trinajstić information content (AvgIpc) is 3.51. The van der Waals surface area contributed by atoms with Crippen LogP contribution in [0.5, 0.6) is 0 Å². The number of hydrogen-bond donors (Lipinski definition) is 0. The molecule has 3 fully saturated rings. The molecule has 34 heavy (non-hydrogen) atoms. The van der Waals surface area contributed by atoms with E-state index in [4.69, 9.17) is 0 Å². The van der Waals surface area contributed by atoms with E-state index in [1.54, 1.807) is 24.3 Å². The molecule has 2 saturated carbocycles. The Bertz CT molecular complexity index is 1180. The molecule has 0 unspecified atom stereocenters. The lowest BCUT2D eigenvalue weighted by Gasteiger charge is -2.30. The Morgan fingerprint density at radius 1 is 0.941 bits per heavy atom. The second kappa shape index (κ2) is 8.43. The summed E-state index contributed by atoms with van der Waals surface area (Å²) in [5.41, 5.74) is 0.160. The van der Waals surface area contributed by atoms with Crippen molar-refractivity contribution in [2.75, 3.05) is 6.54 Å². The lowest BCUT2D eigenvalue weighted by Crippen LogP contribution is -2.52. The zero-order valence-electron chi connectivity index (χ0n) is 17.9. The van der Waals surface area contributed by atoms with E-state index in [9.17, 15) is 29.3 Å². The molecule has 1 heterocycles. The summed E-state index contributed by atoms with van der Waals surface area (Å²) in [5, 5.41) is 12.8. The van der Waals surface area contributed by atoms with Gasteiger partial charge in [0, 0.05) is 27.7 Å². The molecule has 5 rings (SSSR count). The predicted octanol–water partition coefficient (Wildman–Crippen LogP) is 3.63. The van der Waals surface area contributed by atoms with Gasteiger partial charge in [-0.25, -0.2) is 5.01 Å². The largest absolute Gasteiger partial charge is 0.292 e. The van der Waals surface area contributed by atoms with Crippen LogP contribution in [-0.2, 0) is 9.59 Å². The Labute approximate surface area is 203 Å². The Morgan fingerprint density at radius 2 is 1.47 bits per heavy atom. The van der Waals surface area contributed by atoms with Gasteiger partial charge in [-0.15, -0.1) is 0 Å². The average molecular weight is 526 g/mol. The first-order chi connectivity index (χ1) is 16.3. The van der Waals surface area contributed by atoms with Crippen molar-refractivity contribution in [1.29, 1.82) is 0 Å². The van der Waals surface area contributed by atoms with Crippen molar-refractivity contribution in [1.82, 2.24) is 10.0 Å². The molecule has 2 aromatic rings. The Balaban J connectivity index is 1.49. The SMILES string of the molecule is O=C(CN(C(=O)c1ccc([N+](=O)[O-])cc1)N1C(=O)[C@@H]2[C@H]3CC[C@@H](C3)[C@@H]2C1=O)c1ccc(Br)cc1. The predicted molar refractivity (Wildman–Crippen MR) is 122 cm³/mol. The number of fused-ring (bicyclic) bond motifs is 5.